The molecule has 1 aliphatic rings. The molecule has 0 aliphatic heterocycles. The molecule has 1 amide bonds. The number of carbonyl (C=O) groups is 1. The number of hydrogen-bond acceptors (Lipinski definition) is 6. The predicted octanol–water partition coefficient (Wildman–Crippen LogP) is 3.22. The van der Waals surface area contributed by atoms with Crippen LogP contribution in [0.15, 0.2) is 34.9 Å². The zero-order valence-electron chi connectivity index (χ0n) is 17.1. The highest BCUT2D eigenvalue weighted by molar-refractivity contribution is 5.95. The van der Waals surface area contributed by atoms with Gasteiger partial charge in [0.15, 0.2) is 5.82 Å². The van der Waals surface area contributed by atoms with Gasteiger partial charge in [-0.2, -0.15) is 5.10 Å². The summed E-state index contributed by atoms with van der Waals surface area (Å²) < 4.78 is 12.6. The lowest BCUT2D eigenvalue weighted by Crippen LogP contribution is -2.26. The van der Waals surface area contributed by atoms with Crippen LogP contribution in [0.5, 0.6) is 5.88 Å². The SMILES string of the molecule is CCc1c(C(=O)N(C)Cc2ccc([C@@H]3C[C@@H]3C)o2)cnn1-c1ccc(OC)nn1. The number of carbonyl (C=O) groups excluding carboxylic acids is 1. The predicted molar refractivity (Wildman–Crippen MR) is 106 cm³/mol. The number of rotatable bonds is 7. The smallest absolute Gasteiger partial charge is 0.257 e. The number of amides is 1. The molecule has 29 heavy (non-hydrogen) atoms. The number of furan rings is 1. The molecule has 0 spiro atoms. The highest BCUT2D eigenvalue weighted by Crippen LogP contribution is 2.47. The molecule has 3 heterocycles. The lowest BCUT2D eigenvalue weighted by molar-refractivity contribution is 0.0773. The average molecular weight is 395 g/mol. The van der Waals surface area contributed by atoms with Crippen LogP contribution in [0.3, 0.4) is 0 Å². The van der Waals surface area contributed by atoms with Gasteiger partial charge in [-0.1, -0.05) is 13.8 Å². The fourth-order valence-electron chi connectivity index (χ4n) is 3.53. The summed E-state index contributed by atoms with van der Waals surface area (Å²) in [6, 6.07) is 7.46. The van der Waals surface area contributed by atoms with Crippen LogP contribution in [0.1, 0.15) is 53.8 Å². The van der Waals surface area contributed by atoms with Crippen LogP contribution < -0.4 is 4.74 Å². The minimum absolute atomic E-state index is 0.104. The molecule has 1 fully saturated rings. The second-order valence-corrected chi connectivity index (χ2v) is 7.49. The molecule has 3 aromatic heterocycles. The maximum atomic E-state index is 13.1. The van der Waals surface area contributed by atoms with Gasteiger partial charge >= 0.3 is 0 Å². The Morgan fingerprint density at radius 1 is 1.31 bits per heavy atom. The van der Waals surface area contributed by atoms with Gasteiger partial charge < -0.3 is 14.1 Å². The third-order valence-corrected chi connectivity index (χ3v) is 5.38. The highest BCUT2D eigenvalue weighted by atomic mass is 16.5. The Labute approximate surface area is 169 Å². The molecular weight excluding hydrogens is 370 g/mol. The van der Waals surface area contributed by atoms with Crippen molar-refractivity contribution in [3.8, 4) is 11.7 Å². The normalized spacial score (nSPS) is 17.9. The molecule has 8 nitrogen and oxygen atoms in total. The van der Waals surface area contributed by atoms with Gasteiger partial charge in [0.05, 0.1) is 31.1 Å². The maximum Gasteiger partial charge on any atom is 0.257 e. The molecule has 1 saturated carbocycles. The Morgan fingerprint density at radius 3 is 2.72 bits per heavy atom. The zero-order chi connectivity index (χ0) is 20.5. The molecule has 3 aromatic rings. The van der Waals surface area contributed by atoms with Gasteiger partial charge in [0, 0.05) is 19.0 Å². The Morgan fingerprint density at radius 2 is 2.10 bits per heavy atom. The highest BCUT2D eigenvalue weighted by Gasteiger charge is 2.36. The molecule has 0 unspecified atom stereocenters. The molecule has 0 saturated heterocycles. The number of ether oxygens (including phenoxy) is 1. The summed E-state index contributed by atoms with van der Waals surface area (Å²) in [4.78, 5) is 14.7. The van der Waals surface area contributed by atoms with E-state index in [4.69, 9.17) is 9.15 Å². The fraction of sp³-hybridized carbons (Fsp3) is 0.429. The number of nitrogens with zero attached hydrogens (tertiary/aromatic N) is 5. The molecule has 4 rings (SSSR count). The van der Waals surface area contributed by atoms with E-state index in [0.29, 0.717) is 42.1 Å². The number of aromatic nitrogens is 4. The third-order valence-electron chi connectivity index (χ3n) is 5.38. The van der Waals surface area contributed by atoms with Gasteiger partial charge in [-0.05, 0) is 37.0 Å². The van der Waals surface area contributed by atoms with Gasteiger partial charge in [0.25, 0.3) is 5.91 Å². The summed E-state index contributed by atoms with van der Waals surface area (Å²) in [6.07, 6.45) is 3.39. The van der Waals surface area contributed by atoms with E-state index < -0.39 is 0 Å². The summed E-state index contributed by atoms with van der Waals surface area (Å²) in [7, 11) is 3.31. The zero-order valence-corrected chi connectivity index (χ0v) is 17.1. The quantitative estimate of drug-likeness (QED) is 0.610. The van der Waals surface area contributed by atoms with Crippen molar-refractivity contribution in [2.45, 2.75) is 39.2 Å². The summed E-state index contributed by atoms with van der Waals surface area (Å²) in [5.41, 5.74) is 1.34. The number of hydrogen-bond donors (Lipinski definition) is 0. The molecule has 0 bridgehead atoms. The van der Waals surface area contributed by atoms with E-state index >= 15 is 0 Å². The van der Waals surface area contributed by atoms with Crippen molar-refractivity contribution in [1.29, 1.82) is 0 Å². The Kier molecular flexibility index (Phi) is 5.08. The fourth-order valence-corrected chi connectivity index (χ4v) is 3.53. The summed E-state index contributed by atoms with van der Waals surface area (Å²) in [5.74, 6) is 3.89. The van der Waals surface area contributed by atoms with Crippen LogP contribution in [-0.4, -0.2) is 44.9 Å². The standard InChI is InChI=1S/C21H25N5O3/c1-5-17-16(11-22-26(17)19-8-9-20(28-4)24-23-19)21(27)25(3)12-14-6-7-18(29-14)15-10-13(15)2/h6-9,11,13,15H,5,10,12H2,1-4H3/t13-,15+/m0/s1. The summed E-state index contributed by atoms with van der Waals surface area (Å²) in [6.45, 7) is 4.62. The first-order chi connectivity index (χ1) is 14.0. The van der Waals surface area contributed by atoms with Crippen molar-refractivity contribution in [3.05, 3.63) is 53.2 Å². The van der Waals surface area contributed by atoms with E-state index in [1.807, 2.05) is 19.1 Å². The van der Waals surface area contributed by atoms with E-state index in [9.17, 15) is 4.79 Å². The van der Waals surface area contributed by atoms with Crippen molar-refractivity contribution in [2.75, 3.05) is 14.2 Å². The lowest BCUT2D eigenvalue weighted by atomic mass is 10.2. The van der Waals surface area contributed by atoms with Crippen LogP contribution in [0, 0.1) is 5.92 Å². The first-order valence-corrected chi connectivity index (χ1v) is 9.80. The third kappa shape index (κ3) is 3.74. The minimum atomic E-state index is -0.104. The maximum absolute atomic E-state index is 13.1. The van der Waals surface area contributed by atoms with Crippen molar-refractivity contribution >= 4 is 5.91 Å². The Hall–Kier alpha value is -3.16. The van der Waals surface area contributed by atoms with E-state index in [1.54, 1.807) is 35.0 Å². The van der Waals surface area contributed by atoms with E-state index in [0.717, 1.165) is 17.2 Å². The van der Waals surface area contributed by atoms with Crippen molar-refractivity contribution in [1.82, 2.24) is 24.9 Å². The van der Waals surface area contributed by atoms with Crippen molar-refractivity contribution in [3.63, 3.8) is 0 Å². The molecule has 0 aromatic carbocycles. The van der Waals surface area contributed by atoms with Crippen molar-refractivity contribution in [2.24, 2.45) is 5.92 Å². The molecule has 0 N–H and O–H groups in total. The van der Waals surface area contributed by atoms with Crippen LogP contribution in [-0.2, 0) is 13.0 Å². The molecule has 2 atom stereocenters. The van der Waals surface area contributed by atoms with Crippen LogP contribution in [0.2, 0.25) is 0 Å². The lowest BCUT2D eigenvalue weighted by Gasteiger charge is -2.16. The second kappa shape index (κ2) is 7.69. The van der Waals surface area contributed by atoms with Gasteiger partial charge in [-0.15, -0.1) is 10.2 Å². The molecule has 152 valence electrons. The first kappa shape index (κ1) is 19.2. The van der Waals surface area contributed by atoms with Crippen molar-refractivity contribution < 1.29 is 13.9 Å². The Balaban J connectivity index is 1.51. The largest absolute Gasteiger partial charge is 0.480 e. The molecule has 0 radical (unpaired) electrons. The monoisotopic (exact) mass is 395 g/mol. The second-order valence-electron chi connectivity index (χ2n) is 7.49. The average Bonchev–Trinajstić information content (AvgIpc) is 3.12. The van der Waals surface area contributed by atoms with E-state index in [2.05, 4.69) is 22.2 Å². The van der Waals surface area contributed by atoms with Crippen LogP contribution in [0.4, 0.5) is 0 Å². The van der Waals surface area contributed by atoms with Gasteiger partial charge in [0.2, 0.25) is 5.88 Å². The number of methoxy groups -OCH3 is 1. The van der Waals surface area contributed by atoms with Crippen LogP contribution >= 0.6 is 0 Å². The molecular formula is C21H25N5O3. The summed E-state index contributed by atoms with van der Waals surface area (Å²) in [5, 5.41) is 12.5. The van der Waals surface area contributed by atoms with Crippen LogP contribution in [0.25, 0.3) is 5.82 Å². The summed E-state index contributed by atoms with van der Waals surface area (Å²) >= 11 is 0. The van der Waals surface area contributed by atoms with E-state index in [-0.39, 0.29) is 5.91 Å². The van der Waals surface area contributed by atoms with E-state index in [1.165, 1.54) is 13.5 Å². The van der Waals surface area contributed by atoms with Gasteiger partial charge in [-0.25, -0.2) is 4.68 Å². The first-order valence-electron chi connectivity index (χ1n) is 9.80. The van der Waals surface area contributed by atoms with Gasteiger partial charge in [-0.3, -0.25) is 4.79 Å². The molecule has 8 heteroatoms. The van der Waals surface area contributed by atoms with Gasteiger partial charge in [0.1, 0.15) is 11.5 Å². The Bertz CT molecular complexity index is 1010. The molecule has 1 aliphatic carbocycles. The topological polar surface area (TPSA) is 86.3 Å². The minimum Gasteiger partial charge on any atom is -0.480 e.